The van der Waals surface area contributed by atoms with Crippen molar-refractivity contribution in [2.75, 3.05) is 13.2 Å². The number of aromatic nitrogens is 2. The lowest BCUT2D eigenvalue weighted by atomic mass is 10.3. The highest BCUT2D eigenvalue weighted by molar-refractivity contribution is 5.91. The van der Waals surface area contributed by atoms with Crippen LogP contribution in [0.15, 0.2) is 16.9 Å². The fraction of sp³-hybridized carbons (Fsp3) is 0.375. The van der Waals surface area contributed by atoms with Crippen LogP contribution in [0.2, 0.25) is 0 Å². The van der Waals surface area contributed by atoms with Gasteiger partial charge in [-0.05, 0) is 6.07 Å². The van der Waals surface area contributed by atoms with Crippen LogP contribution in [0.1, 0.15) is 10.5 Å². The predicted octanol–water partition coefficient (Wildman–Crippen LogP) is -1.50. The van der Waals surface area contributed by atoms with Crippen LogP contribution in [0.25, 0.3) is 0 Å². The van der Waals surface area contributed by atoms with Crippen molar-refractivity contribution < 1.29 is 9.90 Å². The Hall–Kier alpha value is -1.69. The molecule has 0 unspecified atom stereocenters. The number of hydrogen-bond acceptors (Lipinski definition) is 4. The Bertz CT molecular complexity index is 386. The van der Waals surface area contributed by atoms with Gasteiger partial charge in [0.1, 0.15) is 5.69 Å². The second-order valence-electron chi connectivity index (χ2n) is 2.66. The van der Waals surface area contributed by atoms with Gasteiger partial charge in [0.2, 0.25) is 0 Å². The van der Waals surface area contributed by atoms with E-state index in [4.69, 9.17) is 5.11 Å². The number of nitrogens with one attached hydrogen (secondary N) is 1. The highest BCUT2D eigenvalue weighted by atomic mass is 16.3. The highest BCUT2D eigenvalue weighted by Crippen LogP contribution is 1.88. The molecule has 0 saturated carbocycles. The second-order valence-corrected chi connectivity index (χ2v) is 2.66. The summed E-state index contributed by atoms with van der Waals surface area (Å²) in [5.74, 6) is -0.408. The lowest BCUT2D eigenvalue weighted by molar-refractivity contribution is 0.0937. The van der Waals surface area contributed by atoms with Gasteiger partial charge in [-0.25, -0.2) is 4.68 Å². The predicted molar refractivity (Wildman–Crippen MR) is 48.9 cm³/mol. The number of amides is 1. The number of carbonyl (C=O) groups is 1. The van der Waals surface area contributed by atoms with Gasteiger partial charge in [0, 0.05) is 19.7 Å². The Morgan fingerprint density at radius 3 is 2.93 bits per heavy atom. The van der Waals surface area contributed by atoms with E-state index in [0.29, 0.717) is 0 Å². The van der Waals surface area contributed by atoms with Gasteiger partial charge in [-0.1, -0.05) is 0 Å². The molecule has 0 fully saturated rings. The van der Waals surface area contributed by atoms with Crippen LogP contribution < -0.4 is 10.9 Å². The van der Waals surface area contributed by atoms with Crippen molar-refractivity contribution >= 4 is 5.91 Å². The molecule has 0 spiro atoms. The molecule has 76 valence electrons. The molecule has 0 aliphatic carbocycles. The van der Waals surface area contributed by atoms with Crippen LogP contribution in [0.4, 0.5) is 0 Å². The quantitative estimate of drug-likeness (QED) is 0.617. The maximum atomic E-state index is 11.3. The molecule has 1 amide bonds. The largest absolute Gasteiger partial charge is 0.395 e. The third kappa shape index (κ3) is 2.40. The van der Waals surface area contributed by atoms with Crippen molar-refractivity contribution in [2.24, 2.45) is 7.05 Å². The smallest absolute Gasteiger partial charge is 0.271 e. The number of aliphatic hydroxyl groups is 1. The van der Waals surface area contributed by atoms with E-state index in [1.165, 1.54) is 19.2 Å². The molecule has 0 bridgehead atoms. The van der Waals surface area contributed by atoms with Crippen molar-refractivity contribution in [2.45, 2.75) is 0 Å². The van der Waals surface area contributed by atoms with Gasteiger partial charge in [-0.2, -0.15) is 5.10 Å². The second kappa shape index (κ2) is 4.52. The number of aryl methyl sites for hydroxylation is 1. The molecule has 1 aromatic heterocycles. The van der Waals surface area contributed by atoms with Gasteiger partial charge in [-0.15, -0.1) is 0 Å². The van der Waals surface area contributed by atoms with Crippen molar-refractivity contribution in [3.8, 4) is 0 Å². The molecule has 0 radical (unpaired) electrons. The van der Waals surface area contributed by atoms with Gasteiger partial charge < -0.3 is 10.4 Å². The van der Waals surface area contributed by atoms with Crippen LogP contribution in [0.3, 0.4) is 0 Å². The third-order valence-electron chi connectivity index (χ3n) is 1.59. The van der Waals surface area contributed by atoms with Crippen LogP contribution >= 0.6 is 0 Å². The van der Waals surface area contributed by atoms with E-state index in [2.05, 4.69) is 10.4 Å². The van der Waals surface area contributed by atoms with E-state index >= 15 is 0 Å². The third-order valence-corrected chi connectivity index (χ3v) is 1.59. The fourth-order valence-corrected chi connectivity index (χ4v) is 0.883. The molecule has 0 aliphatic rings. The standard InChI is InChI=1S/C8H11N3O3/c1-11-7(13)3-2-6(10-11)8(14)9-4-5-12/h2-3,12H,4-5H2,1H3,(H,9,14). The van der Waals surface area contributed by atoms with E-state index in [-0.39, 0.29) is 24.4 Å². The van der Waals surface area contributed by atoms with Gasteiger partial charge >= 0.3 is 0 Å². The molecule has 2 N–H and O–H groups in total. The maximum absolute atomic E-state index is 11.3. The zero-order valence-electron chi connectivity index (χ0n) is 7.73. The summed E-state index contributed by atoms with van der Waals surface area (Å²) in [5, 5.41) is 14.6. The summed E-state index contributed by atoms with van der Waals surface area (Å²) in [6.07, 6.45) is 0. The van der Waals surface area contributed by atoms with Gasteiger partial charge in [0.05, 0.1) is 6.61 Å². The van der Waals surface area contributed by atoms with E-state index in [1.54, 1.807) is 0 Å². The van der Waals surface area contributed by atoms with Crippen LogP contribution in [0, 0.1) is 0 Å². The highest BCUT2D eigenvalue weighted by Gasteiger charge is 2.06. The van der Waals surface area contributed by atoms with Crippen LogP contribution in [0.5, 0.6) is 0 Å². The molecule has 0 aliphatic heterocycles. The van der Waals surface area contributed by atoms with Crippen molar-refractivity contribution in [3.63, 3.8) is 0 Å². The van der Waals surface area contributed by atoms with E-state index in [1.807, 2.05) is 0 Å². The molecule has 0 saturated heterocycles. The summed E-state index contributed by atoms with van der Waals surface area (Å²) in [4.78, 5) is 22.2. The topological polar surface area (TPSA) is 84.2 Å². The van der Waals surface area contributed by atoms with Crippen LogP contribution in [-0.2, 0) is 7.05 Å². The minimum Gasteiger partial charge on any atom is -0.395 e. The number of nitrogens with zero attached hydrogens (tertiary/aromatic N) is 2. The minimum absolute atomic E-state index is 0.127. The zero-order chi connectivity index (χ0) is 10.6. The number of hydrogen-bond donors (Lipinski definition) is 2. The monoisotopic (exact) mass is 197 g/mol. The summed E-state index contributed by atoms with van der Waals surface area (Å²) < 4.78 is 1.08. The van der Waals surface area contributed by atoms with E-state index in [9.17, 15) is 9.59 Å². The lowest BCUT2D eigenvalue weighted by Crippen LogP contribution is -2.30. The Kier molecular flexibility index (Phi) is 3.35. The normalized spacial score (nSPS) is 9.86. The van der Waals surface area contributed by atoms with Crippen LogP contribution in [-0.4, -0.2) is 33.9 Å². The summed E-state index contributed by atoms with van der Waals surface area (Å²) in [7, 11) is 1.46. The molecular weight excluding hydrogens is 186 g/mol. The number of rotatable bonds is 3. The summed E-state index contributed by atoms with van der Waals surface area (Å²) in [6.45, 7) is 0.0425. The summed E-state index contributed by atoms with van der Waals surface area (Å²) in [6, 6.07) is 2.61. The van der Waals surface area contributed by atoms with Crippen molar-refractivity contribution in [1.29, 1.82) is 0 Å². The molecule has 1 heterocycles. The molecule has 1 aromatic rings. The molecular formula is C8H11N3O3. The minimum atomic E-state index is -0.408. The molecule has 1 rings (SSSR count). The first kappa shape index (κ1) is 10.4. The average Bonchev–Trinajstić information content (AvgIpc) is 2.18. The first-order valence-corrected chi connectivity index (χ1v) is 4.08. The zero-order valence-corrected chi connectivity index (χ0v) is 7.73. The van der Waals surface area contributed by atoms with Gasteiger partial charge in [0.15, 0.2) is 0 Å². The van der Waals surface area contributed by atoms with Gasteiger partial charge in [-0.3, -0.25) is 9.59 Å². The first-order valence-electron chi connectivity index (χ1n) is 4.08. The molecule has 0 aromatic carbocycles. The average molecular weight is 197 g/mol. The van der Waals surface area contributed by atoms with E-state index < -0.39 is 5.91 Å². The maximum Gasteiger partial charge on any atom is 0.271 e. The molecule has 14 heavy (non-hydrogen) atoms. The van der Waals surface area contributed by atoms with Gasteiger partial charge in [0.25, 0.3) is 11.5 Å². The summed E-state index contributed by atoms with van der Waals surface area (Å²) >= 11 is 0. The van der Waals surface area contributed by atoms with Crippen molar-refractivity contribution in [3.05, 3.63) is 28.2 Å². The fourth-order valence-electron chi connectivity index (χ4n) is 0.883. The summed E-state index contributed by atoms with van der Waals surface area (Å²) in [5.41, 5.74) is -0.121. The number of aliphatic hydroxyl groups excluding tert-OH is 1. The van der Waals surface area contributed by atoms with E-state index in [0.717, 1.165) is 4.68 Å². The molecule has 6 nitrogen and oxygen atoms in total. The molecule has 0 atom stereocenters. The van der Waals surface area contributed by atoms with Crippen molar-refractivity contribution in [1.82, 2.24) is 15.1 Å². The Balaban J connectivity index is 2.81. The molecule has 6 heteroatoms. The Morgan fingerprint density at radius 1 is 1.64 bits per heavy atom. The Morgan fingerprint density at radius 2 is 2.36 bits per heavy atom. The lowest BCUT2D eigenvalue weighted by Gasteiger charge is -2.02. The SMILES string of the molecule is Cn1nc(C(=O)NCCO)ccc1=O. The number of carbonyl (C=O) groups excluding carboxylic acids is 1. The Labute approximate surface area is 80.2 Å². The first-order chi connectivity index (χ1) is 6.65.